The van der Waals surface area contributed by atoms with Gasteiger partial charge in [0.1, 0.15) is 0 Å². The Morgan fingerprint density at radius 1 is 1.47 bits per heavy atom. The molecule has 1 saturated carbocycles. The zero-order chi connectivity index (χ0) is 12.6. The Morgan fingerprint density at radius 2 is 2.12 bits per heavy atom. The van der Waals surface area contributed by atoms with Gasteiger partial charge in [-0.25, -0.2) is 0 Å². The summed E-state index contributed by atoms with van der Waals surface area (Å²) in [5.41, 5.74) is 5.32. The fourth-order valence-corrected chi connectivity index (χ4v) is 3.47. The highest BCUT2D eigenvalue weighted by Crippen LogP contribution is 2.45. The van der Waals surface area contributed by atoms with Gasteiger partial charge in [-0.3, -0.25) is 4.79 Å². The van der Waals surface area contributed by atoms with E-state index in [0.717, 1.165) is 38.5 Å². The van der Waals surface area contributed by atoms with Crippen molar-refractivity contribution in [1.82, 2.24) is 4.90 Å². The van der Waals surface area contributed by atoms with Crippen LogP contribution in [0.5, 0.6) is 0 Å². The van der Waals surface area contributed by atoms with Crippen LogP contribution < -0.4 is 5.73 Å². The highest BCUT2D eigenvalue weighted by molar-refractivity contribution is 7.80. The number of nitrogens with two attached hydrogens (primary N) is 1. The number of hydrogen-bond acceptors (Lipinski definition) is 2. The van der Waals surface area contributed by atoms with E-state index in [1.165, 1.54) is 0 Å². The van der Waals surface area contributed by atoms with Crippen LogP contribution in [0.15, 0.2) is 0 Å². The quantitative estimate of drug-likeness (QED) is 0.786. The highest BCUT2D eigenvalue weighted by atomic mass is 32.1. The molecule has 0 bridgehead atoms. The monoisotopic (exact) mass is 254 g/mol. The molecule has 96 valence electrons. The van der Waals surface area contributed by atoms with Gasteiger partial charge in [0, 0.05) is 12.1 Å². The molecule has 2 rings (SSSR count). The van der Waals surface area contributed by atoms with Crippen molar-refractivity contribution in [2.45, 2.75) is 64.5 Å². The molecule has 2 aliphatic rings. The molecule has 0 aromatic carbocycles. The molecule has 1 aliphatic heterocycles. The van der Waals surface area contributed by atoms with Gasteiger partial charge in [0.25, 0.3) is 0 Å². The van der Waals surface area contributed by atoms with Crippen LogP contribution in [0.1, 0.15) is 52.4 Å². The molecule has 0 radical (unpaired) electrons. The van der Waals surface area contributed by atoms with Crippen molar-refractivity contribution in [2.75, 3.05) is 0 Å². The van der Waals surface area contributed by atoms with Crippen molar-refractivity contribution in [3.8, 4) is 0 Å². The number of amides is 1. The van der Waals surface area contributed by atoms with Crippen LogP contribution in [-0.2, 0) is 4.79 Å². The summed E-state index contributed by atoms with van der Waals surface area (Å²) in [6, 6.07) is 0.739. The van der Waals surface area contributed by atoms with E-state index >= 15 is 0 Å². The number of carbonyl (C=O) groups is 1. The summed E-state index contributed by atoms with van der Waals surface area (Å²) >= 11 is 5.14. The lowest BCUT2D eigenvalue weighted by Gasteiger charge is -2.44. The van der Waals surface area contributed by atoms with E-state index in [1.54, 1.807) is 0 Å². The van der Waals surface area contributed by atoms with E-state index in [2.05, 4.69) is 18.7 Å². The van der Waals surface area contributed by atoms with Crippen molar-refractivity contribution >= 4 is 23.1 Å². The molecule has 1 heterocycles. The third-order valence-corrected chi connectivity index (χ3v) is 4.97. The molecule has 2 atom stereocenters. The lowest BCUT2D eigenvalue weighted by atomic mass is 9.67. The van der Waals surface area contributed by atoms with Gasteiger partial charge >= 0.3 is 0 Å². The zero-order valence-corrected chi connectivity index (χ0v) is 11.6. The first-order valence-electron chi connectivity index (χ1n) is 6.65. The van der Waals surface area contributed by atoms with Crippen LogP contribution in [0.3, 0.4) is 0 Å². The summed E-state index contributed by atoms with van der Waals surface area (Å²) < 4.78 is 0. The molecule has 4 heteroatoms. The second kappa shape index (κ2) is 4.56. The van der Waals surface area contributed by atoms with Crippen LogP contribution in [0.2, 0.25) is 0 Å². The molecule has 17 heavy (non-hydrogen) atoms. The molecule has 1 saturated heterocycles. The third-order valence-electron chi connectivity index (χ3n) is 4.58. The summed E-state index contributed by atoms with van der Waals surface area (Å²) in [6.07, 6.45) is 6.03. The average molecular weight is 254 g/mol. The number of carbonyl (C=O) groups excluding carboxylic acids is 1. The van der Waals surface area contributed by atoms with E-state index in [4.69, 9.17) is 18.0 Å². The second-order valence-corrected chi connectivity index (χ2v) is 5.94. The maximum atomic E-state index is 12.7. The number of hydrogen-bond donors (Lipinski definition) is 1. The van der Waals surface area contributed by atoms with E-state index in [9.17, 15) is 4.79 Å². The fraction of sp³-hybridized carbons (Fsp3) is 0.846. The van der Waals surface area contributed by atoms with Crippen LogP contribution >= 0.6 is 12.2 Å². The van der Waals surface area contributed by atoms with Crippen molar-refractivity contribution in [1.29, 1.82) is 0 Å². The Kier molecular flexibility index (Phi) is 3.43. The fourth-order valence-electron chi connectivity index (χ4n) is 3.18. The molecule has 2 fully saturated rings. The number of thiocarbonyl (C=S) groups is 1. The Balaban J connectivity index is 2.21. The van der Waals surface area contributed by atoms with Gasteiger partial charge in [-0.1, -0.05) is 25.6 Å². The molecule has 3 nitrogen and oxygen atoms in total. The van der Waals surface area contributed by atoms with Gasteiger partial charge < -0.3 is 10.6 Å². The molecule has 0 aromatic rings. The van der Waals surface area contributed by atoms with E-state index in [-0.39, 0.29) is 5.91 Å². The highest BCUT2D eigenvalue weighted by Gasteiger charge is 2.51. The third kappa shape index (κ3) is 1.86. The van der Waals surface area contributed by atoms with Gasteiger partial charge in [0.15, 0.2) is 0 Å². The van der Waals surface area contributed by atoms with Crippen LogP contribution in [0, 0.1) is 5.41 Å². The van der Waals surface area contributed by atoms with Crippen molar-refractivity contribution in [3.05, 3.63) is 0 Å². The first-order valence-corrected chi connectivity index (χ1v) is 7.06. The molecular formula is C13H22N2OS. The predicted octanol–water partition coefficient (Wildman–Crippen LogP) is 2.23. The van der Waals surface area contributed by atoms with Gasteiger partial charge in [-0.05, 0) is 39.0 Å². The van der Waals surface area contributed by atoms with Crippen molar-refractivity contribution in [3.63, 3.8) is 0 Å². The van der Waals surface area contributed by atoms with Crippen LogP contribution in [0.25, 0.3) is 0 Å². The summed E-state index contributed by atoms with van der Waals surface area (Å²) in [6.45, 7) is 4.29. The summed E-state index contributed by atoms with van der Waals surface area (Å²) in [5.74, 6) is 0.202. The van der Waals surface area contributed by atoms with Gasteiger partial charge in [0.05, 0.1) is 10.4 Å². The zero-order valence-electron chi connectivity index (χ0n) is 10.7. The summed E-state index contributed by atoms with van der Waals surface area (Å²) in [5, 5.41) is 0. The topological polar surface area (TPSA) is 46.3 Å². The standard InChI is InChI=1S/C13H22N2OS/c1-3-10-6-5-9(2)15(10)12(16)13(11(14)17)7-4-8-13/h9-10H,3-8H2,1-2H3,(H2,14,17). The molecule has 0 aromatic heterocycles. The van der Waals surface area contributed by atoms with Crippen LogP contribution in [-0.4, -0.2) is 27.9 Å². The number of rotatable bonds is 3. The Morgan fingerprint density at radius 3 is 2.53 bits per heavy atom. The first kappa shape index (κ1) is 12.8. The maximum Gasteiger partial charge on any atom is 0.236 e. The Bertz CT molecular complexity index is 338. The van der Waals surface area contributed by atoms with Crippen molar-refractivity contribution < 1.29 is 4.79 Å². The minimum Gasteiger partial charge on any atom is -0.392 e. The SMILES string of the molecule is CCC1CCC(C)N1C(=O)C1(C(N)=S)CCC1. The lowest BCUT2D eigenvalue weighted by molar-refractivity contribution is -0.144. The number of nitrogens with zero attached hydrogens (tertiary/aromatic N) is 1. The van der Waals surface area contributed by atoms with Gasteiger partial charge in [0.2, 0.25) is 5.91 Å². The minimum atomic E-state index is -0.499. The Hall–Kier alpha value is -0.640. The minimum absolute atomic E-state index is 0.202. The summed E-state index contributed by atoms with van der Waals surface area (Å²) in [4.78, 5) is 15.2. The largest absolute Gasteiger partial charge is 0.392 e. The van der Waals surface area contributed by atoms with Crippen LogP contribution in [0.4, 0.5) is 0 Å². The Labute approximate surface area is 109 Å². The molecule has 2 unspecified atom stereocenters. The molecular weight excluding hydrogens is 232 g/mol. The van der Waals surface area contributed by atoms with E-state index < -0.39 is 5.41 Å². The molecule has 0 spiro atoms. The van der Waals surface area contributed by atoms with E-state index in [1.807, 2.05) is 0 Å². The van der Waals surface area contributed by atoms with Gasteiger partial charge in [-0.15, -0.1) is 0 Å². The molecule has 1 aliphatic carbocycles. The second-order valence-electron chi connectivity index (χ2n) is 5.50. The smallest absolute Gasteiger partial charge is 0.236 e. The normalized spacial score (nSPS) is 31.1. The number of likely N-dealkylation sites (tertiary alicyclic amines) is 1. The lowest BCUT2D eigenvalue weighted by Crippen LogP contribution is -2.56. The summed E-state index contributed by atoms with van der Waals surface area (Å²) in [7, 11) is 0. The van der Waals surface area contributed by atoms with E-state index in [0.29, 0.717) is 17.1 Å². The average Bonchev–Trinajstić information content (AvgIpc) is 2.56. The van der Waals surface area contributed by atoms with Crippen molar-refractivity contribution in [2.24, 2.45) is 11.1 Å². The molecule has 1 amide bonds. The molecule has 2 N–H and O–H groups in total. The first-order chi connectivity index (χ1) is 8.03. The predicted molar refractivity (Wildman–Crippen MR) is 72.7 cm³/mol. The van der Waals surface area contributed by atoms with Gasteiger partial charge in [-0.2, -0.15) is 0 Å². The maximum absolute atomic E-state index is 12.7.